The first kappa shape index (κ1) is 6.04. The molecule has 0 saturated heterocycles. The molecule has 1 aromatic rings. The second kappa shape index (κ2) is 3.10. The predicted molar refractivity (Wildman–Crippen MR) is 53.0 cm³/mol. The van der Waals surface area contributed by atoms with E-state index in [-0.39, 0.29) is 5.11 Å². The van der Waals surface area contributed by atoms with E-state index in [9.17, 15) is 0 Å². The molecule has 2 rings (SSSR count). The molecule has 1 aliphatic heterocycles. The Kier molecular flexibility index (Phi) is 1.44. The molecular weight excluding hydrogens is 188 g/mol. The highest BCUT2D eigenvalue weighted by molar-refractivity contribution is 7.80. The first-order valence-corrected chi connectivity index (χ1v) is 3.96. The Balaban J connectivity index is 2.26. The van der Waals surface area contributed by atoms with Gasteiger partial charge in [0.25, 0.3) is 0 Å². The monoisotopic (exact) mass is 198 g/mol. The largest absolute Gasteiger partial charge is 0.454 e. The summed E-state index contributed by atoms with van der Waals surface area (Å²) in [4.78, 5) is 0. The summed E-state index contributed by atoms with van der Waals surface area (Å²) in [6.07, 6.45) is 0. The molecule has 0 amide bonds. The van der Waals surface area contributed by atoms with E-state index in [1.54, 1.807) is 18.2 Å². The molecule has 13 heavy (non-hydrogen) atoms. The second-order valence-corrected chi connectivity index (χ2v) is 2.88. The van der Waals surface area contributed by atoms with E-state index >= 15 is 0 Å². The summed E-state index contributed by atoms with van der Waals surface area (Å²) in [6.45, 7) is -2.11. The van der Waals surface area contributed by atoms with Gasteiger partial charge in [0.1, 0.15) is 2.74 Å². The van der Waals surface area contributed by atoms with Crippen molar-refractivity contribution in [3.63, 3.8) is 0 Å². The fourth-order valence-corrected chi connectivity index (χ4v) is 1.12. The number of nitrogens with two attached hydrogens (primary N) is 1. The highest BCUT2D eigenvalue weighted by Crippen LogP contribution is 2.33. The zero-order chi connectivity index (χ0) is 11.1. The van der Waals surface area contributed by atoms with Crippen LogP contribution in [0.4, 0.5) is 5.69 Å². The molecule has 0 radical (unpaired) electrons. The minimum Gasteiger partial charge on any atom is -0.454 e. The van der Waals surface area contributed by atoms with Crippen LogP contribution in [-0.4, -0.2) is 11.9 Å². The maximum Gasteiger partial charge on any atom is 0.231 e. The van der Waals surface area contributed by atoms with Gasteiger partial charge in [-0.2, -0.15) is 0 Å². The first-order valence-electron chi connectivity index (χ1n) is 4.55. The summed E-state index contributed by atoms with van der Waals surface area (Å²) < 4.78 is 24.2. The van der Waals surface area contributed by atoms with Crippen molar-refractivity contribution < 1.29 is 12.2 Å². The van der Waals surface area contributed by atoms with Crippen LogP contribution in [0, 0.1) is 0 Å². The smallest absolute Gasteiger partial charge is 0.231 e. The van der Waals surface area contributed by atoms with Gasteiger partial charge in [0.05, 0.1) is 0 Å². The summed E-state index contributed by atoms with van der Waals surface area (Å²) in [5.41, 5.74) is 5.92. The number of hydrogen-bond donors (Lipinski definition) is 2. The molecule has 0 aromatic heterocycles. The van der Waals surface area contributed by atoms with Gasteiger partial charge >= 0.3 is 0 Å². The van der Waals surface area contributed by atoms with Gasteiger partial charge in [0.2, 0.25) is 6.75 Å². The van der Waals surface area contributed by atoms with Gasteiger partial charge in [-0.3, -0.25) is 0 Å². The van der Waals surface area contributed by atoms with Crippen molar-refractivity contribution in [1.82, 2.24) is 0 Å². The minimum atomic E-state index is -2.11. The Morgan fingerprint density at radius 1 is 1.54 bits per heavy atom. The van der Waals surface area contributed by atoms with Gasteiger partial charge in [-0.25, -0.2) is 0 Å². The third-order valence-corrected chi connectivity index (χ3v) is 1.62. The molecule has 1 aromatic carbocycles. The molecule has 0 aliphatic carbocycles. The average molecular weight is 198 g/mol. The van der Waals surface area contributed by atoms with Crippen LogP contribution in [-0.2, 0) is 0 Å². The van der Waals surface area contributed by atoms with Crippen LogP contribution in [0.5, 0.6) is 11.5 Å². The van der Waals surface area contributed by atoms with Gasteiger partial charge in [0.15, 0.2) is 16.6 Å². The molecular formula is C8H8N2O2S. The van der Waals surface area contributed by atoms with Crippen molar-refractivity contribution in [1.29, 1.82) is 0 Å². The molecule has 0 atom stereocenters. The zero-order valence-corrected chi connectivity index (χ0v) is 7.35. The van der Waals surface area contributed by atoms with E-state index in [2.05, 4.69) is 17.5 Å². The molecule has 1 aliphatic rings. The van der Waals surface area contributed by atoms with Crippen molar-refractivity contribution in [3.8, 4) is 11.5 Å². The summed E-state index contributed by atoms with van der Waals surface area (Å²) in [5, 5.41) is 2.85. The lowest BCUT2D eigenvalue weighted by atomic mass is 10.3. The van der Waals surface area contributed by atoms with Crippen LogP contribution in [0.2, 0.25) is 0 Å². The van der Waals surface area contributed by atoms with Crippen molar-refractivity contribution in [3.05, 3.63) is 18.2 Å². The molecule has 68 valence electrons. The highest BCUT2D eigenvalue weighted by Gasteiger charge is 2.12. The van der Waals surface area contributed by atoms with Crippen LogP contribution in [0.1, 0.15) is 2.74 Å². The van der Waals surface area contributed by atoms with Crippen LogP contribution < -0.4 is 20.5 Å². The lowest BCUT2D eigenvalue weighted by Gasteiger charge is -2.03. The van der Waals surface area contributed by atoms with Gasteiger partial charge < -0.3 is 20.5 Å². The number of benzene rings is 1. The van der Waals surface area contributed by atoms with E-state index in [1.165, 1.54) is 0 Å². The first-order chi connectivity index (χ1) is 6.96. The Labute approximate surface area is 83.4 Å². The van der Waals surface area contributed by atoms with Gasteiger partial charge in [0, 0.05) is 11.8 Å². The van der Waals surface area contributed by atoms with E-state index in [1.807, 2.05) is 0 Å². The molecule has 4 nitrogen and oxygen atoms in total. The average Bonchev–Trinajstić information content (AvgIpc) is 2.36. The topological polar surface area (TPSA) is 56.5 Å². The SMILES string of the molecule is [2H]C1([2H])Oc2ccc(NC(N)=S)cc2O1. The fourth-order valence-electron chi connectivity index (χ4n) is 1.00. The molecule has 0 unspecified atom stereocenters. The standard InChI is InChI=1S/C8H8N2O2S/c9-8(13)10-5-1-2-6-7(3-5)12-4-11-6/h1-3H,4H2,(H3,9,10,13)/i4D2. The van der Waals surface area contributed by atoms with Crippen molar-refractivity contribution in [2.45, 2.75) is 0 Å². The molecule has 0 spiro atoms. The van der Waals surface area contributed by atoms with Gasteiger partial charge in [-0.15, -0.1) is 0 Å². The lowest BCUT2D eigenvalue weighted by molar-refractivity contribution is 0.174. The van der Waals surface area contributed by atoms with E-state index < -0.39 is 6.75 Å². The molecule has 5 heteroatoms. The predicted octanol–water partition coefficient (Wildman–Crippen LogP) is 1.07. The summed E-state index contributed by atoms with van der Waals surface area (Å²) >= 11 is 4.67. The Morgan fingerprint density at radius 2 is 2.31 bits per heavy atom. The van der Waals surface area contributed by atoms with E-state index in [0.717, 1.165) is 0 Å². The molecule has 0 bridgehead atoms. The third-order valence-electron chi connectivity index (χ3n) is 1.51. The van der Waals surface area contributed by atoms with E-state index in [4.69, 9.17) is 17.9 Å². The molecule has 0 saturated carbocycles. The number of ether oxygens (including phenoxy) is 2. The number of hydrogen-bond acceptors (Lipinski definition) is 3. The Hall–Kier alpha value is -1.49. The number of thiocarbonyl (C=S) groups is 1. The zero-order valence-electron chi connectivity index (χ0n) is 8.53. The molecule has 0 fully saturated rings. The van der Waals surface area contributed by atoms with Crippen LogP contribution in [0.3, 0.4) is 0 Å². The molecule has 3 N–H and O–H groups in total. The highest BCUT2D eigenvalue weighted by atomic mass is 32.1. The summed E-state index contributed by atoms with van der Waals surface area (Å²) in [6, 6.07) is 4.82. The number of rotatable bonds is 1. The van der Waals surface area contributed by atoms with Crippen LogP contribution in [0.15, 0.2) is 18.2 Å². The molecule has 1 heterocycles. The lowest BCUT2D eigenvalue weighted by Crippen LogP contribution is -2.18. The second-order valence-electron chi connectivity index (χ2n) is 2.44. The quantitative estimate of drug-likeness (QED) is 0.661. The number of anilines is 1. The Bertz CT molecular complexity index is 425. The van der Waals surface area contributed by atoms with Crippen molar-refractivity contribution >= 4 is 23.0 Å². The third kappa shape index (κ3) is 1.65. The Morgan fingerprint density at radius 3 is 3.08 bits per heavy atom. The van der Waals surface area contributed by atoms with Crippen LogP contribution >= 0.6 is 12.2 Å². The fraction of sp³-hybridized carbons (Fsp3) is 0.125. The normalized spacial score (nSPS) is 18.8. The summed E-state index contributed by atoms with van der Waals surface area (Å²) in [5.74, 6) is 0.676. The maximum absolute atomic E-state index is 7.24. The summed E-state index contributed by atoms with van der Waals surface area (Å²) in [7, 11) is 0. The van der Waals surface area contributed by atoms with E-state index in [0.29, 0.717) is 17.2 Å². The van der Waals surface area contributed by atoms with Gasteiger partial charge in [-0.1, -0.05) is 0 Å². The van der Waals surface area contributed by atoms with Crippen molar-refractivity contribution in [2.24, 2.45) is 5.73 Å². The number of fused-ring (bicyclic) bond motifs is 1. The maximum atomic E-state index is 7.24. The van der Waals surface area contributed by atoms with Gasteiger partial charge in [-0.05, 0) is 24.4 Å². The minimum absolute atomic E-state index is 0.136. The van der Waals surface area contributed by atoms with Crippen LogP contribution in [0.25, 0.3) is 0 Å². The number of nitrogens with one attached hydrogen (secondary N) is 1. The van der Waals surface area contributed by atoms with Crippen molar-refractivity contribution in [2.75, 3.05) is 12.1 Å².